The quantitative estimate of drug-likeness (QED) is 0.777. The summed E-state index contributed by atoms with van der Waals surface area (Å²) in [5.74, 6) is 0.441. The van der Waals surface area contributed by atoms with Gasteiger partial charge in [-0.25, -0.2) is 8.42 Å². The third-order valence-corrected chi connectivity index (χ3v) is 8.14. The van der Waals surface area contributed by atoms with Gasteiger partial charge in [0, 0.05) is 28.7 Å². The Labute approximate surface area is 163 Å². The number of carbonyl (C=O) groups excluding carboxylic acids is 2. The maximum Gasteiger partial charge on any atom is 0.251 e. The predicted octanol–water partition coefficient (Wildman–Crippen LogP) is 1.11. The van der Waals surface area contributed by atoms with Gasteiger partial charge in [-0.1, -0.05) is 0 Å². The van der Waals surface area contributed by atoms with E-state index in [1.807, 2.05) is 6.07 Å². The van der Waals surface area contributed by atoms with Crippen LogP contribution in [-0.4, -0.2) is 67.6 Å². The summed E-state index contributed by atoms with van der Waals surface area (Å²) < 4.78 is 24.3. The van der Waals surface area contributed by atoms with Crippen LogP contribution in [0.25, 0.3) is 0 Å². The molecular weight excluding hydrogens is 386 g/mol. The van der Waals surface area contributed by atoms with Crippen LogP contribution < -0.4 is 10.6 Å². The Morgan fingerprint density at radius 2 is 2.00 bits per heavy atom. The Hall–Kier alpha value is -1.58. The summed E-state index contributed by atoms with van der Waals surface area (Å²) in [4.78, 5) is 27.7. The van der Waals surface area contributed by atoms with Gasteiger partial charge in [-0.05, 0) is 44.1 Å². The topological polar surface area (TPSA) is 95.6 Å². The zero-order valence-corrected chi connectivity index (χ0v) is 16.6. The second-order valence-electron chi connectivity index (χ2n) is 7.32. The summed E-state index contributed by atoms with van der Waals surface area (Å²) in [6.45, 7) is 1.77. The van der Waals surface area contributed by atoms with E-state index < -0.39 is 15.9 Å². The number of benzene rings is 1. The van der Waals surface area contributed by atoms with Crippen molar-refractivity contribution in [2.24, 2.45) is 0 Å². The van der Waals surface area contributed by atoms with Crippen LogP contribution in [-0.2, 0) is 14.6 Å². The molecule has 1 aromatic rings. The summed E-state index contributed by atoms with van der Waals surface area (Å²) in [5, 5.41) is 5.77. The highest BCUT2D eigenvalue weighted by atomic mass is 32.2. The number of nitrogens with one attached hydrogen (secondary N) is 2. The van der Waals surface area contributed by atoms with E-state index in [4.69, 9.17) is 0 Å². The first-order valence-corrected chi connectivity index (χ1v) is 12.0. The number of hydrogen-bond donors (Lipinski definition) is 2. The smallest absolute Gasteiger partial charge is 0.251 e. The molecule has 27 heavy (non-hydrogen) atoms. The number of amides is 2. The third-order valence-electron chi connectivity index (χ3n) is 5.35. The zero-order chi connectivity index (χ0) is 19.0. The van der Waals surface area contributed by atoms with Crippen molar-refractivity contribution in [2.75, 3.05) is 35.7 Å². The Morgan fingerprint density at radius 1 is 1.22 bits per heavy atom. The van der Waals surface area contributed by atoms with Crippen molar-refractivity contribution >= 4 is 39.1 Å². The number of thioether (sulfide) groups is 1. The van der Waals surface area contributed by atoms with Gasteiger partial charge in [0.2, 0.25) is 5.91 Å². The summed E-state index contributed by atoms with van der Waals surface area (Å²) >= 11 is 1.58. The minimum atomic E-state index is -3.15. The monoisotopic (exact) mass is 409 g/mol. The van der Waals surface area contributed by atoms with Gasteiger partial charge in [-0.15, -0.1) is 11.8 Å². The lowest BCUT2D eigenvalue weighted by Crippen LogP contribution is -2.50. The first kappa shape index (κ1) is 18.8. The summed E-state index contributed by atoms with van der Waals surface area (Å²) in [6.07, 6.45) is 2.58. The molecule has 2 unspecified atom stereocenters. The number of sulfone groups is 1. The van der Waals surface area contributed by atoms with E-state index in [2.05, 4.69) is 15.5 Å². The van der Waals surface area contributed by atoms with Gasteiger partial charge in [0.1, 0.15) is 0 Å². The molecule has 2 N–H and O–H groups in total. The number of carbonyl (C=O) groups is 2. The normalized spacial score (nSPS) is 27.6. The van der Waals surface area contributed by atoms with E-state index in [0.29, 0.717) is 23.4 Å². The number of likely N-dealkylation sites (tertiary alicyclic amines) is 1. The fourth-order valence-electron chi connectivity index (χ4n) is 4.01. The second kappa shape index (κ2) is 7.44. The van der Waals surface area contributed by atoms with Crippen molar-refractivity contribution in [3.05, 3.63) is 23.8 Å². The first-order valence-electron chi connectivity index (χ1n) is 9.23. The maximum atomic E-state index is 12.8. The van der Waals surface area contributed by atoms with E-state index in [9.17, 15) is 18.0 Å². The van der Waals surface area contributed by atoms with Crippen LogP contribution in [0.4, 0.5) is 5.69 Å². The average Bonchev–Trinajstić information content (AvgIpc) is 3.18. The van der Waals surface area contributed by atoms with Crippen molar-refractivity contribution in [1.29, 1.82) is 0 Å². The highest BCUT2D eigenvalue weighted by Crippen LogP contribution is 2.31. The van der Waals surface area contributed by atoms with Gasteiger partial charge in [-0.2, -0.15) is 0 Å². The average molecular weight is 410 g/mol. The van der Waals surface area contributed by atoms with Crippen LogP contribution in [0.3, 0.4) is 0 Å². The molecule has 0 bridgehead atoms. The van der Waals surface area contributed by atoms with Crippen molar-refractivity contribution in [1.82, 2.24) is 10.2 Å². The Morgan fingerprint density at radius 3 is 2.78 bits per heavy atom. The number of fused-ring (bicyclic) bond motifs is 1. The summed E-state index contributed by atoms with van der Waals surface area (Å²) in [5.41, 5.74) is 1.08. The molecule has 2 saturated heterocycles. The molecule has 1 aromatic carbocycles. The van der Waals surface area contributed by atoms with Crippen LogP contribution in [0.2, 0.25) is 0 Å². The predicted molar refractivity (Wildman–Crippen MR) is 105 cm³/mol. The molecule has 146 valence electrons. The van der Waals surface area contributed by atoms with Crippen molar-refractivity contribution in [3.63, 3.8) is 0 Å². The maximum absolute atomic E-state index is 12.8. The lowest BCUT2D eigenvalue weighted by atomic mass is 10.1. The van der Waals surface area contributed by atoms with Gasteiger partial charge < -0.3 is 10.6 Å². The van der Waals surface area contributed by atoms with Crippen LogP contribution in [0, 0.1) is 0 Å². The minimum Gasteiger partial charge on any atom is -0.347 e. The van der Waals surface area contributed by atoms with E-state index in [1.165, 1.54) is 0 Å². The molecule has 2 atom stereocenters. The Balaban J connectivity index is 1.52. The van der Waals surface area contributed by atoms with Crippen LogP contribution in [0.5, 0.6) is 0 Å². The third kappa shape index (κ3) is 4.14. The molecule has 0 spiro atoms. The largest absolute Gasteiger partial charge is 0.347 e. The van der Waals surface area contributed by atoms with Gasteiger partial charge in [0.05, 0.1) is 23.2 Å². The van der Waals surface area contributed by atoms with Crippen molar-refractivity contribution in [2.45, 2.75) is 36.2 Å². The molecule has 0 radical (unpaired) electrons. The van der Waals surface area contributed by atoms with E-state index in [-0.39, 0.29) is 29.4 Å². The van der Waals surface area contributed by atoms with Crippen molar-refractivity contribution < 1.29 is 18.0 Å². The van der Waals surface area contributed by atoms with Crippen LogP contribution in [0.1, 0.15) is 29.6 Å². The molecule has 0 aromatic heterocycles. The second-order valence-corrected chi connectivity index (χ2v) is 10.6. The summed E-state index contributed by atoms with van der Waals surface area (Å²) in [7, 11) is -3.15. The SMILES string of the molecule is O=C1CCSc2ccc(C(=O)NC3CS(=O)(=O)CC3N3CCCC3)cc2N1. The highest BCUT2D eigenvalue weighted by Gasteiger charge is 2.42. The number of nitrogens with zero attached hydrogens (tertiary/aromatic N) is 1. The standard InChI is InChI=1S/C18H23N3O4S2/c22-17-5-8-26-16-4-3-12(9-13(16)19-17)18(23)20-14-10-27(24,25)11-15(14)21-6-1-2-7-21/h3-4,9,14-15H,1-2,5-8,10-11H2,(H,19,22)(H,20,23). The molecule has 9 heteroatoms. The molecule has 2 fully saturated rings. The molecular formula is C18H23N3O4S2. The van der Waals surface area contributed by atoms with Gasteiger partial charge >= 0.3 is 0 Å². The molecule has 4 rings (SSSR count). The molecule has 3 aliphatic rings. The molecule has 0 saturated carbocycles. The lowest BCUT2D eigenvalue weighted by molar-refractivity contribution is -0.115. The Bertz CT molecular complexity index is 865. The molecule has 3 heterocycles. The number of rotatable bonds is 3. The molecule has 3 aliphatic heterocycles. The lowest BCUT2D eigenvalue weighted by Gasteiger charge is -2.28. The highest BCUT2D eigenvalue weighted by molar-refractivity contribution is 7.99. The zero-order valence-electron chi connectivity index (χ0n) is 14.9. The fraction of sp³-hybridized carbons (Fsp3) is 0.556. The van der Waals surface area contributed by atoms with E-state index in [0.717, 1.165) is 30.8 Å². The van der Waals surface area contributed by atoms with E-state index >= 15 is 0 Å². The van der Waals surface area contributed by atoms with Crippen molar-refractivity contribution in [3.8, 4) is 0 Å². The number of anilines is 1. The van der Waals surface area contributed by atoms with E-state index in [1.54, 1.807) is 23.9 Å². The number of hydrogen-bond acceptors (Lipinski definition) is 6. The first-order chi connectivity index (χ1) is 12.9. The summed E-state index contributed by atoms with van der Waals surface area (Å²) in [6, 6.07) is 4.69. The minimum absolute atomic E-state index is 0.0164. The Kier molecular flexibility index (Phi) is 5.17. The molecule has 2 amide bonds. The fourth-order valence-corrected chi connectivity index (χ4v) is 6.90. The molecule has 7 nitrogen and oxygen atoms in total. The van der Waals surface area contributed by atoms with Crippen LogP contribution in [0.15, 0.2) is 23.1 Å². The van der Waals surface area contributed by atoms with Gasteiger partial charge in [0.15, 0.2) is 9.84 Å². The van der Waals surface area contributed by atoms with Gasteiger partial charge in [-0.3, -0.25) is 14.5 Å². The van der Waals surface area contributed by atoms with Gasteiger partial charge in [0.25, 0.3) is 5.91 Å². The van der Waals surface area contributed by atoms with Crippen LogP contribution >= 0.6 is 11.8 Å². The molecule has 0 aliphatic carbocycles.